The summed E-state index contributed by atoms with van der Waals surface area (Å²) < 4.78 is 6.67. The molecule has 3 atom stereocenters. The molecule has 2 heterocycles. The summed E-state index contributed by atoms with van der Waals surface area (Å²) in [6.45, 7) is -0.664. The summed E-state index contributed by atoms with van der Waals surface area (Å²) in [7, 11) is 0. The van der Waals surface area contributed by atoms with Gasteiger partial charge in [-0.2, -0.15) is 0 Å². The Morgan fingerprint density at radius 1 is 1.47 bits per heavy atom. The van der Waals surface area contributed by atoms with Gasteiger partial charge in [0, 0.05) is 31.7 Å². The molecule has 0 radical (unpaired) electrons. The van der Waals surface area contributed by atoms with Crippen LogP contribution in [0.15, 0.2) is 21.9 Å². The molecule has 0 saturated carbocycles. The number of hydrogen-bond donors (Lipinski definition) is 4. The van der Waals surface area contributed by atoms with Gasteiger partial charge in [0.1, 0.15) is 6.10 Å². The highest BCUT2D eigenvalue weighted by Crippen LogP contribution is 2.36. The molecule has 1 aromatic rings. The zero-order valence-electron chi connectivity index (χ0n) is 10.2. The molecule has 0 bridgehead atoms. The second-order valence-electron chi connectivity index (χ2n) is 4.51. The normalized spacial score (nSPS) is 30.7. The lowest BCUT2D eigenvalue weighted by atomic mass is 10.0. The quantitative estimate of drug-likeness (QED) is 0.489. The van der Waals surface area contributed by atoms with Crippen LogP contribution in [0.2, 0.25) is 0 Å². The molecule has 0 aliphatic carbocycles. The Balaban J connectivity index is 2.46. The third-order valence-corrected chi connectivity index (χ3v) is 3.27. The van der Waals surface area contributed by atoms with E-state index in [0.29, 0.717) is 0 Å². The van der Waals surface area contributed by atoms with Crippen LogP contribution in [0, 0.1) is 0 Å². The van der Waals surface area contributed by atoms with Gasteiger partial charge in [-0.05, 0) is 0 Å². The van der Waals surface area contributed by atoms with Gasteiger partial charge in [0.2, 0.25) is 0 Å². The van der Waals surface area contributed by atoms with Crippen molar-refractivity contribution in [2.24, 2.45) is 0 Å². The van der Waals surface area contributed by atoms with Crippen molar-refractivity contribution in [3.8, 4) is 0 Å². The smallest absolute Gasteiger partial charge is 0.330 e. The first kappa shape index (κ1) is 13.9. The van der Waals surface area contributed by atoms with Crippen molar-refractivity contribution in [3.05, 3.63) is 33.1 Å². The monoisotopic (exact) mass is 272 g/mol. The molecular weight excluding hydrogens is 256 g/mol. The van der Waals surface area contributed by atoms with Gasteiger partial charge in [-0.25, -0.2) is 4.79 Å². The van der Waals surface area contributed by atoms with Crippen molar-refractivity contribution >= 4 is 0 Å². The Morgan fingerprint density at radius 3 is 2.74 bits per heavy atom. The van der Waals surface area contributed by atoms with Crippen molar-refractivity contribution in [1.82, 2.24) is 9.55 Å². The molecule has 1 saturated heterocycles. The van der Waals surface area contributed by atoms with Gasteiger partial charge in [-0.3, -0.25) is 14.3 Å². The molecule has 1 aliphatic rings. The largest absolute Gasteiger partial charge is 0.396 e. The predicted octanol–water partition coefficient (Wildman–Crippen LogP) is -2.29. The molecule has 8 nitrogen and oxygen atoms in total. The van der Waals surface area contributed by atoms with E-state index in [9.17, 15) is 14.7 Å². The summed E-state index contributed by atoms with van der Waals surface area (Å²) in [5, 5.41) is 28.0. The minimum atomic E-state index is -1.26. The third-order valence-electron chi connectivity index (χ3n) is 3.27. The number of aliphatic hydroxyl groups excluding tert-OH is 3. The van der Waals surface area contributed by atoms with Gasteiger partial charge in [0.05, 0.1) is 12.7 Å². The Morgan fingerprint density at radius 2 is 2.21 bits per heavy atom. The molecule has 1 aliphatic heterocycles. The average Bonchev–Trinajstić information content (AvgIpc) is 2.66. The molecular formula is C11H16N2O6. The Kier molecular flexibility index (Phi) is 3.85. The maximum absolute atomic E-state index is 11.8. The van der Waals surface area contributed by atoms with Crippen LogP contribution in [0.1, 0.15) is 12.8 Å². The first-order chi connectivity index (χ1) is 9.02. The molecule has 0 spiro atoms. The summed E-state index contributed by atoms with van der Waals surface area (Å²) >= 11 is 0. The number of ether oxygens (including phenoxy) is 1. The molecule has 8 heteroatoms. The average molecular weight is 272 g/mol. The lowest BCUT2D eigenvalue weighted by Crippen LogP contribution is -2.44. The van der Waals surface area contributed by atoms with Gasteiger partial charge in [-0.15, -0.1) is 0 Å². The highest BCUT2D eigenvalue weighted by Gasteiger charge is 2.47. The molecule has 1 fully saturated rings. The van der Waals surface area contributed by atoms with Gasteiger partial charge < -0.3 is 20.1 Å². The third kappa shape index (κ3) is 2.47. The summed E-state index contributed by atoms with van der Waals surface area (Å²) in [6, 6.07) is 1.16. The topological polar surface area (TPSA) is 125 Å². The molecule has 0 amide bonds. The lowest BCUT2D eigenvalue weighted by molar-refractivity contribution is -0.128. The lowest BCUT2D eigenvalue weighted by Gasteiger charge is -2.30. The number of aromatic amines is 1. The van der Waals surface area contributed by atoms with E-state index in [1.54, 1.807) is 0 Å². The van der Waals surface area contributed by atoms with E-state index in [-0.39, 0.29) is 19.4 Å². The predicted molar refractivity (Wildman–Crippen MR) is 63.6 cm³/mol. The fourth-order valence-electron chi connectivity index (χ4n) is 2.37. The first-order valence-corrected chi connectivity index (χ1v) is 5.92. The minimum Gasteiger partial charge on any atom is -0.396 e. The van der Waals surface area contributed by atoms with Gasteiger partial charge >= 0.3 is 5.69 Å². The van der Waals surface area contributed by atoms with Crippen molar-refractivity contribution in [1.29, 1.82) is 0 Å². The number of aromatic nitrogens is 2. The van der Waals surface area contributed by atoms with Crippen LogP contribution in [0.25, 0.3) is 0 Å². The number of H-pyrrole nitrogens is 1. The van der Waals surface area contributed by atoms with Crippen molar-refractivity contribution in [3.63, 3.8) is 0 Å². The van der Waals surface area contributed by atoms with Crippen LogP contribution in [0.3, 0.4) is 0 Å². The molecule has 0 aromatic carbocycles. The molecule has 19 heavy (non-hydrogen) atoms. The second kappa shape index (κ2) is 5.25. The molecule has 2 rings (SSSR count). The van der Waals surface area contributed by atoms with Crippen LogP contribution < -0.4 is 11.2 Å². The van der Waals surface area contributed by atoms with E-state index in [0.717, 1.165) is 10.6 Å². The Bertz CT molecular complexity index is 553. The fourth-order valence-corrected chi connectivity index (χ4v) is 2.37. The van der Waals surface area contributed by atoms with E-state index >= 15 is 0 Å². The van der Waals surface area contributed by atoms with E-state index < -0.39 is 35.8 Å². The van der Waals surface area contributed by atoms with Crippen LogP contribution in [-0.2, 0) is 10.5 Å². The number of aliphatic hydroxyl groups is 3. The van der Waals surface area contributed by atoms with Crippen molar-refractivity contribution in [2.45, 2.75) is 30.8 Å². The van der Waals surface area contributed by atoms with Gasteiger partial charge in [0.25, 0.3) is 5.56 Å². The molecule has 0 unspecified atom stereocenters. The summed E-state index contributed by atoms with van der Waals surface area (Å²) in [6.07, 6.45) is -0.415. The van der Waals surface area contributed by atoms with Crippen molar-refractivity contribution in [2.75, 3.05) is 13.2 Å². The highest BCUT2D eigenvalue weighted by atomic mass is 16.6. The van der Waals surface area contributed by atoms with E-state index in [2.05, 4.69) is 4.98 Å². The number of nitrogens with zero attached hydrogens (tertiary/aromatic N) is 1. The number of rotatable bonds is 4. The molecule has 106 valence electrons. The first-order valence-electron chi connectivity index (χ1n) is 5.92. The minimum absolute atomic E-state index is 0.0464. The Labute approximate surface area is 107 Å². The zero-order valence-corrected chi connectivity index (χ0v) is 10.2. The maximum atomic E-state index is 11.8. The van der Waals surface area contributed by atoms with Gasteiger partial charge in [0.15, 0.2) is 5.72 Å². The highest BCUT2D eigenvalue weighted by molar-refractivity contribution is 4.96. The second-order valence-corrected chi connectivity index (χ2v) is 4.51. The fraction of sp³-hybridized carbons (Fsp3) is 0.636. The SMILES string of the molecule is O=c1ccn([C@@]2(CCO)C[C@H](O)[C@@H](CO)O2)c(=O)[nH]1. The number of nitrogens with one attached hydrogen (secondary N) is 1. The standard InChI is InChI=1S/C11H16N2O6/c14-4-2-11(5-7(16)8(6-15)19-11)13-3-1-9(17)12-10(13)18/h1,3,7-8,14-16H,2,4-6H2,(H,12,17,18)/t7-,8+,11+/m0/s1. The maximum Gasteiger partial charge on any atom is 0.330 e. The van der Waals surface area contributed by atoms with Crippen LogP contribution >= 0.6 is 0 Å². The van der Waals surface area contributed by atoms with E-state index in [4.69, 9.17) is 14.9 Å². The zero-order chi connectivity index (χ0) is 14.0. The van der Waals surface area contributed by atoms with Crippen LogP contribution in [0.5, 0.6) is 0 Å². The van der Waals surface area contributed by atoms with Crippen LogP contribution in [-0.4, -0.2) is 50.3 Å². The summed E-state index contributed by atoms with van der Waals surface area (Å²) in [4.78, 5) is 25.0. The Hall–Kier alpha value is -1.48. The number of hydrogen-bond acceptors (Lipinski definition) is 6. The van der Waals surface area contributed by atoms with Gasteiger partial charge in [-0.1, -0.05) is 0 Å². The van der Waals surface area contributed by atoms with E-state index in [1.165, 1.54) is 6.20 Å². The molecule has 1 aromatic heterocycles. The van der Waals surface area contributed by atoms with E-state index in [1.807, 2.05) is 0 Å². The van der Waals surface area contributed by atoms with Crippen LogP contribution in [0.4, 0.5) is 0 Å². The summed E-state index contributed by atoms with van der Waals surface area (Å²) in [5.41, 5.74) is -2.49. The molecule has 4 N–H and O–H groups in total. The van der Waals surface area contributed by atoms with Crippen molar-refractivity contribution < 1.29 is 20.1 Å². The summed E-state index contributed by atoms with van der Waals surface area (Å²) in [5.74, 6) is 0.